The molecule has 2 aromatic carbocycles. The second-order valence-electron chi connectivity index (χ2n) is 5.76. The van der Waals surface area contributed by atoms with Gasteiger partial charge in [0.1, 0.15) is 6.10 Å². The van der Waals surface area contributed by atoms with Gasteiger partial charge in [0, 0.05) is 18.7 Å². The van der Waals surface area contributed by atoms with Crippen LogP contribution in [0, 0.1) is 0 Å². The van der Waals surface area contributed by atoms with E-state index in [9.17, 15) is 0 Å². The summed E-state index contributed by atoms with van der Waals surface area (Å²) < 4.78 is 11.7. The Morgan fingerprint density at radius 1 is 1.13 bits per heavy atom. The molecule has 5 nitrogen and oxygen atoms in total. The molecule has 0 amide bonds. The Kier molecular flexibility index (Phi) is 3.81. The van der Waals surface area contributed by atoms with E-state index in [1.165, 1.54) is 5.39 Å². The molecule has 0 bridgehead atoms. The Balaban J connectivity index is 1.61. The van der Waals surface area contributed by atoms with Crippen molar-refractivity contribution >= 4 is 10.8 Å². The van der Waals surface area contributed by atoms with Crippen LogP contribution in [0.3, 0.4) is 0 Å². The van der Waals surface area contributed by atoms with Crippen molar-refractivity contribution < 1.29 is 9.15 Å². The summed E-state index contributed by atoms with van der Waals surface area (Å²) in [6.45, 7) is 5.61. The molecule has 1 fully saturated rings. The van der Waals surface area contributed by atoms with Gasteiger partial charge < -0.3 is 9.15 Å². The third kappa shape index (κ3) is 2.85. The molecule has 0 saturated carbocycles. The van der Waals surface area contributed by atoms with E-state index in [1.807, 2.05) is 18.2 Å². The topological polar surface area (TPSA) is 51.4 Å². The predicted molar refractivity (Wildman–Crippen MR) is 88.0 cm³/mol. The number of morpholine rings is 1. The molecule has 2 heterocycles. The fourth-order valence-electron chi connectivity index (χ4n) is 2.94. The maximum Gasteiger partial charge on any atom is 0.247 e. The number of ether oxygens (including phenoxy) is 1. The molecule has 23 heavy (non-hydrogen) atoms. The summed E-state index contributed by atoms with van der Waals surface area (Å²) in [5.41, 5.74) is 0.936. The van der Waals surface area contributed by atoms with Crippen molar-refractivity contribution in [3.63, 3.8) is 0 Å². The van der Waals surface area contributed by atoms with E-state index in [4.69, 9.17) is 9.15 Å². The van der Waals surface area contributed by atoms with Gasteiger partial charge in [-0.15, -0.1) is 10.2 Å². The third-order valence-corrected chi connectivity index (χ3v) is 4.31. The predicted octanol–water partition coefficient (Wildman–Crippen LogP) is 3.28. The smallest absolute Gasteiger partial charge is 0.247 e. The molecule has 0 radical (unpaired) electrons. The molecule has 3 aromatic rings. The highest BCUT2D eigenvalue weighted by molar-refractivity contribution is 5.86. The summed E-state index contributed by atoms with van der Waals surface area (Å²) in [6, 6.07) is 14.4. The first kappa shape index (κ1) is 14.4. The molecule has 1 saturated heterocycles. The van der Waals surface area contributed by atoms with Crippen molar-refractivity contribution in [2.75, 3.05) is 26.2 Å². The lowest BCUT2D eigenvalue weighted by molar-refractivity contribution is -0.0408. The molecule has 1 aliphatic rings. The van der Waals surface area contributed by atoms with Crippen molar-refractivity contribution in [3.05, 3.63) is 48.4 Å². The zero-order valence-corrected chi connectivity index (χ0v) is 13.1. The van der Waals surface area contributed by atoms with E-state index in [2.05, 4.69) is 46.3 Å². The largest absolute Gasteiger partial charge is 0.418 e. The summed E-state index contributed by atoms with van der Waals surface area (Å²) in [7, 11) is 0. The molecule has 5 heteroatoms. The number of rotatable bonds is 3. The average Bonchev–Trinajstić information content (AvgIpc) is 3.11. The number of hydrogen-bond donors (Lipinski definition) is 0. The van der Waals surface area contributed by atoms with Gasteiger partial charge in [0.05, 0.1) is 6.61 Å². The number of hydrogen-bond acceptors (Lipinski definition) is 5. The highest BCUT2D eigenvalue weighted by atomic mass is 16.5. The van der Waals surface area contributed by atoms with Crippen LogP contribution in [-0.2, 0) is 4.74 Å². The van der Waals surface area contributed by atoms with Crippen LogP contribution in [0.5, 0.6) is 0 Å². The summed E-state index contributed by atoms with van der Waals surface area (Å²) in [5, 5.41) is 10.8. The second-order valence-corrected chi connectivity index (χ2v) is 5.76. The van der Waals surface area contributed by atoms with E-state index in [-0.39, 0.29) is 6.10 Å². The van der Waals surface area contributed by atoms with Gasteiger partial charge in [0.25, 0.3) is 0 Å². The summed E-state index contributed by atoms with van der Waals surface area (Å²) in [5.74, 6) is 1.11. The zero-order valence-electron chi connectivity index (χ0n) is 13.1. The lowest BCUT2D eigenvalue weighted by Crippen LogP contribution is -2.38. The summed E-state index contributed by atoms with van der Waals surface area (Å²) in [4.78, 5) is 2.33. The molecule has 0 aliphatic carbocycles. The first-order chi connectivity index (χ1) is 11.3. The molecular formula is C18H19N3O2. The number of likely N-dealkylation sites (N-methyl/N-ethyl adjacent to an activating group) is 1. The SMILES string of the molecule is CCN1CCOC(c2nnc(-c3ccc4ccccc4c3)o2)C1. The lowest BCUT2D eigenvalue weighted by Gasteiger charge is -2.29. The van der Waals surface area contributed by atoms with Gasteiger partial charge in [-0.05, 0) is 29.4 Å². The van der Waals surface area contributed by atoms with E-state index in [1.54, 1.807) is 0 Å². The molecule has 1 aromatic heterocycles. The highest BCUT2D eigenvalue weighted by Crippen LogP contribution is 2.27. The molecule has 0 spiro atoms. The van der Waals surface area contributed by atoms with E-state index < -0.39 is 0 Å². The van der Waals surface area contributed by atoms with Gasteiger partial charge in [-0.25, -0.2) is 0 Å². The third-order valence-electron chi connectivity index (χ3n) is 4.31. The van der Waals surface area contributed by atoms with Gasteiger partial charge in [-0.2, -0.15) is 0 Å². The average molecular weight is 309 g/mol. The van der Waals surface area contributed by atoms with Crippen molar-refractivity contribution in [1.82, 2.24) is 15.1 Å². The Hall–Kier alpha value is -2.24. The summed E-state index contributed by atoms with van der Waals surface area (Å²) in [6.07, 6.45) is -0.134. The Labute approximate surface area is 134 Å². The Morgan fingerprint density at radius 2 is 2.00 bits per heavy atom. The van der Waals surface area contributed by atoms with Gasteiger partial charge in [0.2, 0.25) is 11.8 Å². The molecule has 1 aliphatic heterocycles. The quantitative estimate of drug-likeness (QED) is 0.743. The van der Waals surface area contributed by atoms with Crippen LogP contribution in [0.2, 0.25) is 0 Å². The molecular weight excluding hydrogens is 290 g/mol. The monoisotopic (exact) mass is 309 g/mol. The van der Waals surface area contributed by atoms with Crippen LogP contribution in [-0.4, -0.2) is 41.3 Å². The van der Waals surface area contributed by atoms with Crippen LogP contribution < -0.4 is 0 Å². The van der Waals surface area contributed by atoms with Gasteiger partial charge in [0.15, 0.2) is 0 Å². The first-order valence-electron chi connectivity index (χ1n) is 8.00. The van der Waals surface area contributed by atoms with Crippen LogP contribution in [0.15, 0.2) is 46.9 Å². The highest BCUT2D eigenvalue weighted by Gasteiger charge is 2.26. The molecule has 0 N–H and O–H groups in total. The number of benzene rings is 2. The van der Waals surface area contributed by atoms with E-state index >= 15 is 0 Å². The maximum absolute atomic E-state index is 5.88. The van der Waals surface area contributed by atoms with Crippen LogP contribution in [0.25, 0.3) is 22.2 Å². The maximum atomic E-state index is 5.88. The van der Waals surface area contributed by atoms with Gasteiger partial charge in [-0.3, -0.25) is 4.90 Å². The van der Waals surface area contributed by atoms with Crippen LogP contribution in [0.1, 0.15) is 18.9 Å². The van der Waals surface area contributed by atoms with Crippen molar-refractivity contribution in [1.29, 1.82) is 0 Å². The van der Waals surface area contributed by atoms with Crippen molar-refractivity contribution in [3.8, 4) is 11.5 Å². The minimum atomic E-state index is -0.134. The molecule has 4 rings (SSSR count). The molecule has 1 unspecified atom stereocenters. The van der Waals surface area contributed by atoms with Gasteiger partial charge >= 0.3 is 0 Å². The number of nitrogens with zero attached hydrogens (tertiary/aromatic N) is 3. The van der Waals surface area contributed by atoms with Crippen LogP contribution in [0.4, 0.5) is 0 Å². The standard InChI is InChI=1S/C18H19N3O2/c1-2-21-9-10-22-16(12-21)18-20-19-17(23-18)15-8-7-13-5-3-4-6-14(13)11-15/h3-8,11,16H,2,9-10,12H2,1H3. The number of fused-ring (bicyclic) bond motifs is 1. The minimum absolute atomic E-state index is 0.134. The van der Waals surface area contributed by atoms with Crippen LogP contribution >= 0.6 is 0 Å². The van der Waals surface area contributed by atoms with Crippen molar-refractivity contribution in [2.24, 2.45) is 0 Å². The normalized spacial score (nSPS) is 19.3. The molecule has 1 atom stereocenters. The minimum Gasteiger partial charge on any atom is -0.418 e. The molecule has 118 valence electrons. The van der Waals surface area contributed by atoms with E-state index in [0.29, 0.717) is 18.4 Å². The fourth-order valence-corrected chi connectivity index (χ4v) is 2.94. The zero-order chi connectivity index (χ0) is 15.6. The Morgan fingerprint density at radius 3 is 2.87 bits per heavy atom. The van der Waals surface area contributed by atoms with Gasteiger partial charge in [-0.1, -0.05) is 37.3 Å². The van der Waals surface area contributed by atoms with Crippen molar-refractivity contribution in [2.45, 2.75) is 13.0 Å². The summed E-state index contributed by atoms with van der Waals surface area (Å²) >= 11 is 0. The Bertz CT molecular complexity index is 815. The number of aromatic nitrogens is 2. The lowest BCUT2D eigenvalue weighted by atomic mass is 10.1. The fraction of sp³-hybridized carbons (Fsp3) is 0.333. The second kappa shape index (κ2) is 6.10. The first-order valence-corrected chi connectivity index (χ1v) is 8.00. The van der Waals surface area contributed by atoms with E-state index in [0.717, 1.165) is 30.6 Å².